The molecule has 10 nitrogen and oxygen atoms in total. The lowest BCUT2D eigenvalue weighted by molar-refractivity contribution is -0.384. The first-order valence-electron chi connectivity index (χ1n) is 12.1. The number of pyridine rings is 2. The van der Waals surface area contributed by atoms with Crippen LogP contribution < -0.4 is 15.5 Å². The van der Waals surface area contributed by atoms with Gasteiger partial charge in [0.05, 0.1) is 16.7 Å². The first-order chi connectivity index (χ1) is 17.4. The van der Waals surface area contributed by atoms with Crippen LogP contribution in [-0.4, -0.2) is 58.4 Å². The van der Waals surface area contributed by atoms with Crippen LogP contribution in [0.3, 0.4) is 0 Å². The zero-order valence-electron chi connectivity index (χ0n) is 20.6. The van der Waals surface area contributed by atoms with Crippen molar-refractivity contribution in [3.63, 3.8) is 0 Å². The molecule has 4 rings (SSSR count). The van der Waals surface area contributed by atoms with E-state index in [1.807, 2.05) is 37.3 Å². The van der Waals surface area contributed by atoms with Gasteiger partial charge < -0.3 is 20.4 Å². The highest BCUT2D eigenvalue weighted by Gasteiger charge is 2.20. The van der Waals surface area contributed by atoms with Crippen molar-refractivity contribution in [1.82, 2.24) is 20.2 Å². The predicted octanol–water partition coefficient (Wildman–Crippen LogP) is 3.63. The maximum absolute atomic E-state index is 12.7. The quantitative estimate of drug-likeness (QED) is 0.346. The Labute approximate surface area is 210 Å². The second-order valence-electron chi connectivity index (χ2n) is 8.74. The summed E-state index contributed by atoms with van der Waals surface area (Å²) in [6.07, 6.45) is 3.43. The molecule has 0 saturated carbocycles. The maximum Gasteiger partial charge on any atom is 0.293 e. The summed E-state index contributed by atoms with van der Waals surface area (Å²) in [7, 11) is 0. The number of hydrogen-bond donors (Lipinski definition) is 2. The van der Waals surface area contributed by atoms with Crippen molar-refractivity contribution >= 4 is 23.1 Å². The molecule has 1 aromatic carbocycles. The summed E-state index contributed by atoms with van der Waals surface area (Å²) >= 11 is 0. The largest absolute Gasteiger partial charge is 0.371 e. The van der Waals surface area contributed by atoms with E-state index in [0.717, 1.165) is 49.8 Å². The molecule has 188 valence electrons. The van der Waals surface area contributed by atoms with Crippen LogP contribution in [0.5, 0.6) is 0 Å². The van der Waals surface area contributed by atoms with Crippen molar-refractivity contribution < 1.29 is 9.72 Å². The third-order valence-corrected chi connectivity index (χ3v) is 6.37. The Hall–Kier alpha value is -4.05. The second kappa shape index (κ2) is 11.6. The average Bonchev–Trinajstić information content (AvgIpc) is 2.92. The molecular weight excluding hydrogens is 458 g/mol. The van der Waals surface area contributed by atoms with Crippen molar-refractivity contribution in [2.24, 2.45) is 0 Å². The SMILES string of the molecule is CCN1CCN(c2ccc(CNC(=O)c3ccc(NC(C)c4ccccn4)c([N+](=O)[O-])c3)cn2)CC1. The fourth-order valence-electron chi connectivity index (χ4n) is 4.17. The molecule has 2 aromatic heterocycles. The number of anilines is 2. The van der Waals surface area contributed by atoms with E-state index < -0.39 is 4.92 Å². The Balaban J connectivity index is 1.36. The summed E-state index contributed by atoms with van der Waals surface area (Å²) in [5, 5.41) is 17.6. The number of rotatable bonds is 9. The van der Waals surface area contributed by atoms with Gasteiger partial charge in [-0.3, -0.25) is 19.9 Å². The third kappa shape index (κ3) is 6.14. The molecule has 10 heteroatoms. The van der Waals surface area contributed by atoms with Gasteiger partial charge in [0.1, 0.15) is 11.5 Å². The fourth-order valence-corrected chi connectivity index (χ4v) is 4.17. The van der Waals surface area contributed by atoms with E-state index in [9.17, 15) is 14.9 Å². The molecule has 1 fully saturated rings. The second-order valence-corrected chi connectivity index (χ2v) is 8.74. The van der Waals surface area contributed by atoms with Gasteiger partial charge >= 0.3 is 0 Å². The number of nitro benzene ring substituents is 1. The van der Waals surface area contributed by atoms with Gasteiger partial charge in [-0.15, -0.1) is 0 Å². The van der Waals surface area contributed by atoms with E-state index in [1.165, 1.54) is 6.07 Å². The Morgan fingerprint density at radius 1 is 1.11 bits per heavy atom. The number of benzene rings is 1. The first kappa shape index (κ1) is 25.1. The van der Waals surface area contributed by atoms with Crippen molar-refractivity contribution in [1.29, 1.82) is 0 Å². The molecule has 1 saturated heterocycles. The Kier molecular flexibility index (Phi) is 8.06. The minimum absolute atomic E-state index is 0.167. The number of amides is 1. The molecule has 3 heterocycles. The van der Waals surface area contributed by atoms with Crippen molar-refractivity contribution in [2.75, 3.05) is 42.9 Å². The van der Waals surface area contributed by atoms with Crippen LogP contribution in [-0.2, 0) is 6.54 Å². The molecule has 2 N–H and O–H groups in total. The van der Waals surface area contributed by atoms with Crippen LogP contribution in [0.25, 0.3) is 0 Å². The highest BCUT2D eigenvalue weighted by molar-refractivity contribution is 5.95. The molecule has 1 amide bonds. The summed E-state index contributed by atoms with van der Waals surface area (Å²) in [5.41, 5.74) is 2.00. The predicted molar refractivity (Wildman–Crippen MR) is 139 cm³/mol. The summed E-state index contributed by atoms with van der Waals surface area (Å²) in [5.74, 6) is 0.543. The smallest absolute Gasteiger partial charge is 0.293 e. The van der Waals surface area contributed by atoms with Crippen molar-refractivity contribution in [2.45, 2.75) is 26.4 Å². The lowest BCUT2D eigenvalue weighted by Gasteiger charge is -2.34. The lowest BCUT2D eigenvalue weighted by Crippen LogP contribution is -2.46. The number of nitrogens with zero attached hydrogens (tertiary/aromatic N) is 5. The molecule has 0 spiro atoms. The first-order valence-corrected chi connectivity index (χ1v) is 12.1. The van der Waals surface area contributed by atoms with E-state index in [2.05, 4.69) is 37.3 Å². The summed E-state index contributed by atoms with van der Waals surface area (Å²) < 4.78 is 0. The number of nitrogens with one attached hydrogen (secondary N) is 2. The summed E-state index contributed by atoms with van der Waals surface area (Å²) in [4.78, 5) is 37.4. The molecule has 1 atom stereocenters. The third-order valence-electron chi connectivity index (χ3n) is 6.37. The van der Waals surface area contributed by atoms with Gasteiger partial charge in [0.25, 0.3) is 11.6 Å². The number of aromatic nitrogens is 2. The highest BCUT2D eigenvalue weighted by Crippen LogP contribution is 2.29. The number of hydrogen-bond acceptors (Lipinski definition) is 8. The number of carbonyl (C=O) groups excluding carboxylic acids is 1. The Morgan fingerprint density at radius 3 is 2.56 bits per heavy atom. The number of carbonyl (C=O) groups is 1. The van der Waals surface area contributed by atoms with Gasteiger partial charge in [0.2, 0.25) is 0 Å². The average molecular weight is 490 g/mol. The molecule has 3 aromatic rings. The van der Waals surface area contributed by atoms with E-state index in [4.69, 9.17) is 0 Å². The lowest BCUT2D eigenvalue weighted by atomic mass is 10.1. The number of nitro groups is 1. The molecule has 0 radical (unpaired) electrons. The standard InChI is InChI=1S/C26H31N7O3/c1-3-31-12-14-32(15-13-31)25-10-7-20(17-28-25)18-29-26(34)21-8-9-23(24(16-21)33(35)36)30-19(2)22-6-4-5-11-27-22/h4-11,16-17,19,30H,3,12-15,18H2,1-2H3,(H,29,34). The van der Waals surface area contributed by atoms with Gasteiger partial charge in [0, 0.05) is 56.7 Å². The Morgan fingerprint density at radius 2 is 1.92 bits per heavy atom. The maximum atomic E-state index is 12.7. The zero-order chi connectivity index (χ0) is 25.5. The zero-order valence-corrected chi connectivity index (χ0v) is 20.6. The van der Waals surface area contributed by atoms with Crippen molar-refractivity contribution in [3.8, 4) is 0 Å². The van der Waals surface area contributed by atoms with E-state index >= 15 is 0 Å². The molecule has 0 bridgehead atoms. The van der Waals surface area contributed by atoms with Crippen LogP contribution in [0.2, 0.25) is 0 Å². The fraction of sp³-hybridized carbons (Fsp3) is 0.346. The molecule has 1 unspecified atom stereocenters. The van der Waals surface area contributed by atoms with Crippen LogP contribution >= 0.6 is 0 Å². The van der Waals surface area contributed by atoms with Gasteiger partial charge in [-0.25, -0.2) is 4.98 Å². The number of piperazine rings is 1. The number of likely N-dealkylation sites (N-methyl/N-ethyl adjacent to an activating group) is 1. The van der Waals surface area contributed by atoms with Gasteiger partial charge in [-0.1, -0.05) is 19.1 Å². The monoisotopic (exact) mass is 489 g/mol. The van der Waals surface area contributed by atoms with E-state index in [-0.39, 0.29) is 29.7 Å². The van der Waals surface area contributed by atoms with Crippen LogP contribution in [0.1, 0.15) is 41.5 Å². The van der Waals surface area contributed by atoms with Gasteiger partial charge in [0.15, 0.2) is 0 Å². The van der Waals surface area contributed by atoms with Gasteiger partial charge in [-0.2, -0.15) is 0 Å². The topological polar surface area (TPSA) is 117 Å². The highest BCUT2D eigenvalue weighted by atomic mass is 16.6. The van der Waals surface area contributed by atoms with Gasteiger partial charge in [-0.05, 0) is 49.4 Å². The van der Waals surface area contributed by atoms with E-state index in [1.54, 1.807) is 24.5 Å². The van der Waals surface area contributed by atoms with Crippen LogP contribution in [0.15, 0.2) is 60.9 Å². The van der Waals surface area contributed by atoms with E-state index in [0.29, 0.717) is 5.69 Å². The minimum atomic E-state index is -0.493. The molecule has 1 aliphatic heterocycles. The molecule has 1 aliphatic rings. The van der Waals surface area contributed by atoms with Crippen LogP contribution in [0, 0.1) is 10.1 Å². The summed E-state index contributed by atoms with van der Waals surface area (Å²) in [6, 6.07) is 13.6. The van der Waals surface area contributed by atoms with Crippen molar-refractivity contribution in [3.05, 3.63) is 87.9 Å². The Bertz CT molecular complexity index is 1180. The molecule has 36 heavy (non-hydrogen) atoms. The van der Waals surface area contributed by atoms with Crippen LogP contribution in [0.4, 0.5) is 17.2 Å². The molecular formula is C26H31N7O3. The normalized spacial score (nSPS) is 14.8. The minimum Gasteiger partial charge on any atom is -0.371 e. The molecule has 0 aliphatic carbocycles. The summed E-state index contributed by atoms with van der Waals surface area (Å²) in [6.45, 7) is 9.33.